The van der Waals surface area contributed by atoms with Gasteiger partial charge in [0.2, 0.25) is 11.7 Å². The predicted molar refractivity (Wildman–Crippen MR) is 133 cm³/mol. The molecule has 0 unspecified atom stereocenters. The standard InChI is InChI=1S/C26H29FN4O5/c1-34-21-14-17(15-22(35-2)25(21)36-3)16-28-26(33)18-10-12-30(13-11-18)23-8-9-24(32)31(29-23)20-6-4-19(27)5-7-20/h4-9,14-15,18H,10-13,16H2,1-3H3,(H,28,33). The SMILES string of the molecule is COc1cc(CNC(=O)C2CCN(c3ccc(=O)n(-c4ccc(F)cc4)n3)CC2)cc(OC)c1OC. The highest BCUT2D eigenvalue weighted by Gasteiger charge is 2.26. The van der Waals surface area contributed by atoms with Crippen LogP contribution in [0.25, 0.3) is 5.69 Å². The van der Waals surface area contributed by atoms with Crippen LogP contribution in [0.3, 0.4) is 0 Å². The fourth-order valence-electron chi connectivity index (χ4n) is 4.28. The zero-order valence-electron chi connectivity index (χ0n) is 20.5. The minimum atomic E-state index is -0.381. The molecule has 2 aromatic carbocycles. The van der Waals surface area contributed by atoms with E-state index in [9.17, 15) is 14.0 Å². The first kappa shape index (κ1) is 25.0. The first-order valence-electron chi connectivity index (χ1n) is 11.6. The van der Waals surface area contributed by atoms with E-state index in [1.54, 1.807) is 27.4 Å². The van der Waals surface area contributed by atoms with E-state index in [-0.39, 0.29) is 23.2 Å². The van der Waals surface area contributed by atoms with Crippen molar-refractivity contribution in [1.29, 1.82) is 0 Å². The molecule has 1 amide bonds. The smallest absolute Gasteiger partial charge is 0.271 e. The van der Waals surface area contributed by atoms with Crippen LogP contribution in [-0.2, 0) is 11.3 Å². The molecule has 0 atom stereocenters. The minimum Gasteiger partial charge on any atom is -0.493 e. The lowest BCUT2D eigenvalue weighted by Crippen LogP contribution is -2.41. The fourth-order valence-corrected chi connectivity index (χ4v) is 4.28. The number of nitrogens with one attached hydrogen (secondary N) is 1. The van der Waals surface area contributed by atoms with E-state index in [1.807, 2.05) is 17.0 Å². The van der Waals surface area contributed by atoms with Gasteiger partial charge in [-0.2, -0.15) is 4.68 Å². The normalized spacial score (nSPS) is 13.8. The number of benzene rings is 2. The minimum absolute atomic E-state index is 0.0207. The molecule has 1 N–H and O–H groups in total. The van der Waals surface area contributed by atoms with Crippen LogP contribution in [-0.4, -0.2) is 50.1 Å². The first-order valence-corrected chi connectivity index (χ1v) is 11.6. The Morgan fingerprint density at radius 1 is 1.00 bits per heavy atom. The van der Waals surface area contributed by atoms with Gasteiger partial charge < -0.3 is 24.4 Å². The van der Waals surface area contributed by atoms with Crippen molar-refractivity contribution in [3.63, 3.8) is 0 Å². The lowest BCUT2D eigenvalue weighted by molar-refractivity contribution is -0.125. The lowest BCUT2D eigenvalue weighted by atomic mass is 9.96. The average molecular weight is 497 g/mol. The number of ether oxygens (including phenoxy) is 3. The summed E-state index contributed by atoms with van der Waals surface area (Å²) in [6, 6.07) is 12.3. The molecule has 1 aromatic heterocycles. The molecule has 190 valence electrons. The highest BCUT2D eigenvalue weighted by atomic mass is 19.1. The number of halogens is 1. The van der Waals surface area contributed by atoms with Crippen molar-refractivity contribution < 1.29 is 23.4 Å². The maximum absolute atomic E-state index is 13.3. The van der Waals surface area contributed by atoms with Crippen molar-refractivity contribution >= 4 is 11.7 Å². The van der Waals surface area contributed by atoms with Gasteiger partial charge in [-0.25, -0.2) is 4.39 Å². The van der Waals surface area contributed by atoms with Gasteiger partial charge >= 0.3 is 0 Å². The van der Waals surface area contributed by atoms with E-state index < -0.39 is 0 Å². The van der Waals surface area contributed by atoms with Crippen LogP contribution in [0.2, 0.25) is 0 Å². The Kier molecular flexibility index (Phi) is 7.72. The van der Waals surface area contributed by atoms with E-state index in [4.69, 9.17) is 14.2 Å². The number of piperidine rings is 1. The van der Waals surface area contributed by atoms with Crippen LogP contribution >= 0.6 is 0 Å². The molecule has 0 radical (unpaired) electrons. The van der Waals surface area contributed by atoms with Crippen LogP contribution in [0.15, 0.2) is 53.3 Å². The summed E-state index contributed by atoms with van der Waals surface area (Å²) >= 11 is 0. The summed E-state index contributed by atoms with van der Waals surface area (Å²) in [4.78, 5) is 27.2. The molecule has 0 aliphatic carbocycles. The second-order valence-electron chi connectivity index (χ2n) is 8.43. The summed E-state index contributed by atoms with van der Waals surface area (Å²) in [6.45, 7) is 1.58. The Morgan fingerprint density at radius 3 is 2.22 bits per heavy atom. The number of hydrogen-bond acceptors (Lipinski definition) is 7. The van der Waals surface area contributed by atoms with Crippen LogP contribution in [0.1, 0.15) is 18.4 Å². The largest absolute Gasteiger partial charge is 0.493 e. The molecule has 0 spiro atoms. The van der Waals surface area contributed by atoms with Crippen LogP contribution in [0, 0.1) is 11.7 Å². The molecule has 0 saturated carbocycles. The molecule has 1 fully saturated rings. The summed E-state index contributed by atoms with van der Waals surface area (Å²) < 4.78 is 30.6. The molecule has 1 aliphatic heterocycles. The van der Waals surface area contributed by atoms with Crippen molar-refractivity contribution in [1.82, 2.24) is 15.1 Å². The number of anilines is 1. The van der Waals surface area contributed by atoms with E-state index >= 15 is 0 Å². The third-order valence-corrected chi connectivity index (χ3v) is 6.24. The number of aromatic nitrogens is 2. The maximum Gasteiger partial charge on any atom is 0.271 e. The van der Waals surface area contributed by atoms with Gasteiger partial charge in [0.05, 0.1) is 27.0 Å². The molecule has 1 aliphatic rings. The molecular formula is C26H29FN4O5. The van der Waals surface area contributed by atoms with Crippen LogP contribution in [0.4, 0.5) is 10.2 Å². The Morgan fingerprint density at radius 2 is 1.64 bits per heavy atom. The van der Waals surface area contributed by atoms with Gasteiger partial charge in [-0.3, -0.25) is 9.59 Å². The highest BCUT2D eigenvalue weighted by molar-refractivity contribution is 5.79. The first-order chi connectivity index (χ1) is 17.4. The van der Waals surface area contributed by atoms with Crippen molar-refractivity contribution in [2.75, 3.05) is 39.3 Å². The van der Waals surface area contributed by atoms with Crippen LogP contribution in [0.5, 0.6) is 17.2 Å². The molecule has 3 aromatic rings. The number of carbonyl (C=O) groups is 1. The summed E-state index contributed by atoms with van der Waals surface area (Å²) in [5.41, 5.74) is 1.03. The zero-order chi connectivity index (χ0) is 25.7. The number of hydrogen-bond donors (Lipinski definition) is 1. The topological polar surface area (TPSA) is 94.9 Å². The molecule has 0 bridgehead atoms. The molecule has 2 heterocycles. The Balaban J connectivity index is 1.37. The number of rotatable bonds is 8. The van der Waals surface area contributed by atoms with Crippen LogP contribution < -0.4 is 30.0 Å². The second kappa shape index (κ2) is 11.1. The van der Waals surface area contributed by atoms with Crippen molar-refractivity contribution in [3.8, 4) is 22.9 Å². The van der Waals surface area contributed by atoms with E-state index in [1.165, 1.54) is 35.0 Å². The Labute approximate surface area is 208 Å². The van der Waals surface area contributed by atoms with Crippen molar-refractivity contribution in [3.05, 3.63) is 70.3 Å². The number of carbonyl (C=O) groups excluding carboxylic acids is 1. The monoisotopic (exact) mass is 496 g/mol. The summed E-state index contributed by atoms with van der Waals surface area (Å²) in [7, 11) is 4.64. The van der Waals surface area contributed by atoms with Gasteiger partial charge in [0.15, 0.2) is 11.5 Å². The van der Waals surface area contributed by atoms with Gasteiger partial charge in [-0.05, 0) is 60.9 Å². The van der Waals surface area contributed by atoms with Gasteiger partial charge in [0.1, 0.15) is 11.6 Å². The number of amides is 1. The molecule has 1 saturated heterocycles. The summed E-state index contributed by atoms with van der Waals surface area (Å²) in [6.07, 6.45) is 1.30. The number of methoxy groups -OCH3 is 3. The van der Waals surface area contributed by atoms with Crippen molar-refractivity contribution in [2.45, 2.75) is 19.4 Å². The Hall–Kier alpha value is -4.08. The number of nitrogens with zero attached hydrogens (tertiary/aromatic N) is 3. The van der Waals surface area contributed by atoms with Crippen molar-refractivity contribution in [2.24, 2.45) is 5.92 Å². The fraction of sp³-hybridized carbons (Fsp3) is 0.346. The Bertz CT molecular complexity index is 1250. The molecule has 4 rings (SSSR count). The van der Waals surface area contributed by atoms with Gasteiger partial charge in [0, 0.05) is 31.6 Å². The second-order valence-corrected chi connectivity index (χ2v) is 8.43. The van der Waals surface area contributed by atoms with Gasteiger partial charge in [-0.15, -0.1) is 5.10 Å². The quantitative estimate of drug-likeness (QED) is 0.512. The molecular weight excluding hydrogens is 467 g/mol. The highest BCUT2D eigenvalue weighted by Crippen LogP contribution is 2.38. The van der Waals surface area contributed by atoms with Gasteiger partial charge in [0.25, 0.3) is 5.56 Å². The lowest BCUT2D eigenvalue weighted by Gasteiger charge is -2.32. The molecule has 9 nitrogen and oxygen atoms in total. The third kappa shape index (κ3) is 5.42. The maximum atomic E-state index is 13.3. The summed E-state index contributed by atoms with van der Waals surface area (Å²) in [5, 5.41) is 7.47. The summed E-state index contributed by atoms with van der Waals surface area (Å²) in [5.74, 6) is 1.66. The predicted octanol–water partition coefficient (Wildman–Crippen LogP) is 2.93. The van der Waals surface area contributed by atoms with Gasteiger partial charge in [-0.1, -0.05) is 0 Å². The molecule has 36 heavy (non-hydrogen) atoms. The van der Waals surface area contributed by atoms with E-state index in [0.29, 0.717) is 61.2 Å². The van der Waals surface area contributed by atoms with E-state index in [0.717, 1.165) is 5.56 Å². The molecule has 10 heteroatoms. The van der Waals surface area contributed by atoms with E-state index in [2.05, 4.69) is 10.4 Å². The average Bonchev–Trinajstić information content (AvgIpc) is 2.92. The zero-order valence-corrected chi connectivity index (χ0v) is 20.5. The third-order valence-electron chi connectivity index (χ3n) is 6.24.